The minimum atomic E-state index is -0.970. The fourth-order valence-corrected chi connectivity index (χ4v) is 1.11. The first kappa shape index (κ1) is 11.8. The van der Waals surface area contributed by atoms with Gasteiger partial charge in [0.25, 0.3) is 0 Å². The maximum atomic E-state index is 10.6. The molecule has 1 aromatic rings. The third kappa shape index (κ3) is 2.36. The molecule has 0 fully saturated rings. The van der Waals surface area contributed by atoms with Crippen molar-refractivity contribution in [3.8, 4) is 0 Å². The Morgan fingerprint density at radius 3 is 2.62 bits per heavy atom. The van der Waals surface area contributed by atoms with Crippen LogP contribution in [0.3, 0.4) is 0 Å². The van der Waals surface area contributed by atoms with Gasteiger partial charge in [-0.1, -0.05) is 19.1 Å². The van der Waals surface area contributed by atoms with E-state index in [1.807, 2.05) is 13.0 Å². The highest BCUT2D eigenvalue weighted by Crippen LogP contribution is 2.17. The standard InChI is InChI=1S/C9H11NO2.ClH/c1-2-6-4-3-5-7(8(6)10)9(11)12;/h3-5H,2,10H2,1H3,(H,11,12);1H. The summed E-state index contributed by atoms with van der Waals surface area (Å²) in [6.45, 7) is 1.94. The fraction of sp³-hybridized carbons (Fsp3) is 0.222. The van der Waals surface area contributed by atoms with E-state index < -0.39 is 5.97 Å². The molecule has 1 rings (SSSR count). The average molecular weight is 202 g/mol. The number of carboxylic acids is 1. The van der Waals surface area contributed by atoms with Gasteiger partial charge in [-0.3, -0.25) is 0 Å². The Balaban J connectivity index is 0.00000144. The van der Waals surface area contributed by atoms with Gasteiger partial charge in [0.2, 0.25) is 0 Å². The van der Waals surface area contributed by atoms with Crippen molar-refractivity contribution in [3.63, 3.8) is 0 Å². The molecular formula is C9H12ClNO2. The number of hydrogen-bond donors (Lipinski definition) is 2. The fourth-order valence-electron chi connectivity index (χ4n) is 1.11. The van der Waals surface area contributed by atoms with Gasteiger partial charge in [0, 0.05) is 5.69 Å². The summed E-state index contributed by atoms with van der Waals surface area (Å²) in [6.07, 6.45) is 0.757. The van der Waals surface area contributed by atoms with Crippen molar-refractivity contribution in [3.05, 3.63) is 29.3 Å². The van der Waals surface area contributed by atoms with Gasteiger partial charge in [-0.25, -0.2) is 4.79 Å². The van der Waals surface area contributed by atoms with Crippen molar-refractivity contribution in [2.24, 2.45) is 0 Å². The smallest absolute Gasteiger partial charge is 0.337 e. The van der Waals surface area contributed by atoms with Crippen LogP contribution < -0.4 is 5.73 Å². The summed E-state index contributed by atoms with van der Waals surface area (Å²) < 4.78 is 0. The van der Waals surface area contributed by atoms with Gasteiger partial charge in [0.05, 0.1) is 5.56 Å². The number of rotatable bonds is 2. The lowest BCUT2D eigenvalue weighted by Crippen LogP contribution is -2.04. The first-order valence-corrected chi connectivity index (χ1v) is 3.77. The number of aromatic carboxylic acids is 1. The number of carbonyl (C=O) groups is 1. The molecule has 0 unspecified atom stereocenters. The minimum absolute atomic E-state index is 0. The van der Waals surface area contributed by atoms with Crippen molar-refractivity contribution in [1.29, 1.82) is 0 Å². The van der Waals surface area contributed by atoms with Crippen molar-refractivity contribution in [2.75, 3.05) is 5.73 Å². The molecule has 0 saturated carbocycles. The number of benzene rings is 1. The van der Waals surface area contributed by atoms with Crippen LogP contribution in [0.4, 0.5) is 5.69 Å². The zero-order valence-corrected chi connectivity index (χ0v) is 8.10. The van der Waals surface area contributed by atoms with Crippen molar-refractivity contribution in [1.82, 2.24) is 0 Å². The molecule has 4 heteroatoms. The van der Waals surface area contributed by atoms with E-state index in [9.17, 15) is 4.79 Å². The van der Waals surface area contributed by atoms with E-state index in [0.717, 1.165) is 12.0 Å². The molecule has 0 atom stereocenters. The molecule has 0 saturated heterocycles. The predicted molar refractivity (Wildman–Crippen MR) is 54.4 cm³/mol. The van der Waals surface area contributed by atoms with Crippen LogP contribution in [-0.4, -0.2) is 11.1 Å². The van der Waals surface area contributed by atoms with Crippen LogP contribution in [0, 0.1) is 0 Å². The lowest BCUT2D eigenvalue weighted by Gasteiger charge is -2.04. The second kappa shape index (κ2) is 4.72. The molecule has 0 aromatic heterocycles. The molecule has 0 heterocycles. The third-order valence-electron chi connectivity index (χ3n) is 1.81. The van der Waals surface area contributed by atoms with Crippen LogP contribution >= 0.6 is 12.4 Å². The molecule has 1 aromatic carbocycles. The van der Waals surface area contributed by atoms with E-state index in [1.54, 1.807) is 6.07 Å². The van der Waals surface area contributed by atoms with Crippen LogP contribution in [0.2, 0.25) is 0 Å². The first-order chi connectivity index (χ1) is 5.66. The Kier molecular flexibility index (Phi) is 4.28. The van der Waals surface area contributed by atoms with E-state index in [2.05, 4.69) is 0 Å². The number of anilines is 1. The quantitative estimate of drug-likeness (QED) is 0.719. The van der Waals surface area contributed by atoms with Crippen LogP contribution in [0.25, 0.3) is 0 Å². The highest BCUT2D eigenvalue weighted by Gasteiger charge is 2.08. The summed E-state index contributed by atoms with van der Waals surface area (Å²) in [4.78, 5) is 10.6. The predicted octanol–water partition coefficient (Wildman–Crippen LogP) is 1.95. The van der Waals surface area contributed by atoms with Crippen molar-refractivity contribution >= 4 is 24.1 Å². The topological polar surface area (TPSA) is 63.3 Å². The van der Waals surface area contributed by atoms with Gasteiger partial charge in [0.15, 0.2) is 0 Å². The molecule has 0 aliphatic rings. The van der Waals surface area contributed by atoms with Gasteiger partial charge in [-0.15, -0.1) is 12.4 Å². The maximum absolute atomic E-state index is 10.6. The van der Waals surface area contributed by atoms with E-state index >= 15 is 0 Å². The summed E-state index contributed by atoms with van der Waals surface area (Å²) in [6, 6.07) is 5.05. The Morgan fingerprint density at radius 2 is 2.15 bits per heavy atom. The van der Waals surface area contributed by atoms with Gasteiger partial charge in [-0.05, 0) is 18.1 Å². The van der Waals surface area contributed by atoms with Crippen LogP contribution in [0.1, 0.15) is 22.8 Å². The number of hydrogen-bond acceptors (Lipinski definition) is 2. The molecule has 0 spiro atoms. The molecule has 0 aliphatic heterocycles. The lowest BCUT2D eigenvalue weighted by molar-refractivity contribution is 0.0698. The Labute approximate surface area is 83.0 Å². The SMILES string of the molecule is CCc1cccc(C(=O)O)c1N.Cl. The number of carboxylic acid groups (broad SMARTS) is 1. The van der Waals surface area contributed by atoms with Gasteiger partial charge in [-0.2, -0.15) is 0 Å². The Morgan fingerprint density at radius 1 is 1.54 bits per heavy atom. The first-order valence-electron chi connectivity index (χ1n) is 3.77. The van der Waals surface area contributed by atoms with Gasteiger partial charge >= 0.3 is 5.97 Å². The number of nitrogens with two attached hydrogens (primary N) is 1. The second-order valence-corrected chi connectivity index (χ2v) is 2.54. The monoisotopic (exact) mass is 201 g/mol. The number of halogens is 1. The Bertz CT molecular complexity index is 312. The van der Waals surface area contributed by atoms with Crippen molar-refractivity contribution in [2.45, 2.75) is 13.3 Å². The summed E-state index contributed by atoms with van der Waals surface area (Å²) in [7, 11) is 0. The van der Waals surface area contributed by atoms with E-state index in [4.69, 9.17) is 10.8 Å². The number of nitrogen functional groups attached to an aromatic ring is 1. The minimum Gasteiger partial charge on any atom is -0.478 e. The molecule has 72 valence electrons. The molecule has 0 radical (unpaired) electrons. The van der Waals surface area contributed by atoms with E-state index in [-0.39, 0.29) is 18.0 Å². The van der Waals surface area contributed by atoms with Gasteiger partial charge < -0.3 is 10.8 Å². The van der Waals surface area contributed by atoms with Crippen molar-refractivity contribution < 1.29 is 9.90 Å². The third-order valence-corrected chi connectivity index (χ3v) is 1.81. The number of aryl methyl sites for hydroxylation is 1. The summed E-state index contributed by atoms with van der Waals surface area (Å²) in [5, 5.41) is 8.71. The maximum Gasteiger partial charge on any atom is 0.337 e. The second-order valence-electron chi connectivity index (χ2n) is 2.54. The number of para-hydroxylation sites is 1. The Hall–Kier alpha value is -1.22. The summed E-state index contributed by atoms with van der Waals surface area (Å²) in [5.41, 5.74) is 7.07. The van der Waals surface area contributed by atoms with Crippen LogP contribution in [-0.2, 0) is 6.42 Å². The zero-order chi connectivity index (χ0) is 9.14. The molecule has 0 bridgehead atoms. The van der Waals surface area contributed by atoms with E-state index in [0.29, 0.717) is 5.69 Å². The summed E-state index contributed by atoms with van der Waals surface area (Å²) >= 11 is 0. The van der Waals surface area contributed by atoms with Crippen LogP contribution in [0.15, 0.2) is 18.2 Å². The van der Waals surface area contributed by atoms with E-state index in [1.165, 1.54) is 6.07 Å². The average Bonchev–Trinajstić information content (AvgIpc) is 2.04. The molecule has 3 nitrogen and oxygen atoms in total. The lowest BCUT2D eigenvalue weighted by atomic mass is 10.1. The molecular weight excluding hydrogens is 190 g/mol. The molecule has 3 N–H and O–H groups in total. The normalized spacial score (nSPS) is 9.00. The summed E-state index contributed by atoms with van der Waals surface area (Å²) in [5.74, 6) is -0.970. The molecule has 13 heavy (non-hydrogen) atoms. The van der Waals surface area contributed by atoms with Gasteiger partial charge in [0.1, 0.15) is 0 Å². The van der Waals surface area contributed by atoms with Crippen LogP contribution in [0.5, 0.6) is 0 Å². The molecule has 0 amide bonds. The highest BCUT2D eigenvalue weighted by atomic mass is 35.5. The zero-order valence-electron chi connectivity index (χ0n) is 7.28. The highest BCUT2D eigenvalue weighted by molar-refractivity contribution is 5.94. The largest absolute Gasteiger partial charge is 0.478 e. The molecule has 0 aliphatic carbocycles.